The van der Waals surface area contributed by atoms with E-state index in [1.807, 2.05) is 20.8 Å². The number of sulfone groups is 1. The van der Waals surface area contributed by atoms with Crippen LogP contribution in [0.1, 0.15) is 37.5 Å². The first-order chi connectivity index (χ1) is 10.4. The number of phenolic OH excluding ortho intramolecular Hbond substituents is 2. The van der Waals surface area contributed by atoms with E-state index in [-0.39, 0.29) is 26.7 Å². The van der Waals surface area contributed by atoms with Gasteiger partial charge >= 0.3 is 0 Å². The standard InChI is InChI=1S/C18H22O4S/c1-11-8-13(19)6-7-16(11)23(21,22)17-10-14(18(3,4)5)15(20)9-12(17)2/h6-10,19-20H,1-5H3. The van der Waals surface area contributed by atoms with E-state index in [1.165, 1.54) is 24.3 Å². The molecule has 2 N–H and O–H groups in total. The van der Waals surface area contributed by atoms with Crippen molar-refractivity contribution >= 4 is 9.84 Å². The molecule has 0 atom stereocenters. The van der Waals surface area contributed by atoms with E-state index in [9.17, 15) is 18.6 Å². The molecule has 124 valence electrons. The fourth-order valence-electron chi connectivity index (χ4n) is 2.62. The third kappa shape index (κ3) is 3.20. The Hall–Kier alpha value is -2.01. The number of aromatic hydroxyl groups is 2. The smallest absolute Gasteiger partial charge is 0.207 e. The van der Waals surface area contributed by atoms with Gasteiger partial charge in [0.1, 0.15) is 11.5 Å². The normalized spacial score (nSPS) is 12.4. The van der Waals surface area contributed by atoms with Gasteiger partial charge in [-0.1, -0.05) is 20.8 Å². The molecule has 0 aliphatic heterocycles. The van der Waals surface area contributed by atoms with E-state index in [0.717, 1.165) is 0 Å². The molecule has 0 bridgehead atoms. The lowest BCUT2D eigenvalue weighted by Gasteiger charge is -2.22. The van der Waals surface area contributed by atoms with Crippen molar-refractivity contribution in [3.8, 4) is 11.5 Å². The van der Waals surface area contributed by atoms with Gasteiger partial charge in [-0.2, -0.15) is 0 Å². The van der Waals surface area contributed by atoms with Crippen LogP contribution in [0.5, 0.6) is 11.5 Å². The monoisotopic (exact) mass is 334 g/mol. The van der Waals surface area contributed by atoms with Gasteiger partial charge in [-0.15, -0.1) is 0 Å². The van der Waals surface area contributed by atoms with Crippen LogP contribution in [-0.4, -0.2) is 18.6 Å². The van der Waals surface area contributed by atoms with Crippen LogP contribution >= 0.6 is 0 Å². The molecule has 0 spiro atoms. The second-order valence-corrected chi connectivity index (χ2v) is 8.72. The minimum absolute atomic E-state index is 0.0271. The van der Waals surface area contributed by atoms with Crippen LogP contribution in [0.3, 0.4) is 0 Å². The van der Waals surface area contributed by atoms with E-state index in [2.05, 4.69) is 0 Å². The van der Waals surface area contributed by atoms with Crippen LogP contribution in [0.2, 0.25) is 0 Å². The van der Waals surface area contributed by atoms with Crippen LogP contribution in [0.15, 0.2) is 40.1 Å². The molecule has 0 aliphatic carbocycles. The van der Waals surface area contributed by atoms with Crippen molar-refractivity contribution in [3.63, 3.8) is 0 Å². The van der Waals surface area contributed by atoms with Crippen molar-refractivity contribution in [1.29, 1.82) is 0 Å². The van der Waals surface area contributed by atoms with Crippen molar-refractivity contribution in [2.45, 2.75) is 49.8 Å². The van der Waals surface area contributed by atoms with Crippen LogP contribution in [0.25, 0.3) is 0 Å². The molecule has 5 heteroatoms. The molecular weight excluding hydrogens is 312 g/mol. The number of rotatable bonds is 2. The van der Waals surface area contributed by atoms with Gasteiger partial charge in [-0.25, -0.2) is 8.42 Å². The summed E-state index contributed by atoms with van der Waals surface area (Å²) in [4.78, 5) is 0.331. The average molecular weight is 334 g/mol. The highest BCUT2D eigenvalue weighted by molar-refractivity contribution is 7.91. The van der Waals surface area contributed by atoms with Gasteiger partial charge in [0, 0.05) is 5.56 Å². The summed E-state index contributed by atoms with van der Waals surface area (Å²) in [6.45, 7) is 9.06. The molecule has 0 amide bonds. The summed E-state index contributed by atoms with van der Waals surface area (Å²) in [5, 5.41) is 19.6. The maximum absolute atomic E-state index is 13.0. The first kappa shape index (κ1) is 17.3. The summed E-state index contributed by atoms with van der Waals surface area (Å²) < 4.78 is 26.0. The van der Waals surface area contributed by atoms with Crippen molar-refractivity contribution < 1.29 is 18.6 Å². The maximum atomic E-state index is 13.0. The molecule has 0 fully saturated rings. The predicted molar refractivity (Wildman–Crippen MR) is 89.8 cm³/mol. The third-order valence-corrected chi connectivity index (χ3v) is 5.89. The van der Waals surface area contributed by atoms with E-state index in [4.69, 9.17) is 0 Å². The number of hydrogen-bond donors (Lipinski definition) is 2. The minimum atomic E-state index is -3.74. The van der Waals surface area contributed by atoms with Crippen molar-refractivity contribution in [3.05, 3.63) is 47.0 Å². The summed E-state index contributed by atoms with van der Waals surface area (Å²) >= 11 is 0. The van der Waals surface area contributed by atoms with Gasteiger partial charge in [0.25, 0.3) is 0 Å². The van der Waals surface area contributed by atoms with Crippen LogP contribution in [-0.2, 0) is 15.3 Å². The molecule has 0 unspecified atom stereocenters. The van der Waals surface area contributed by atoms with E-state index in [1.54, 1.807) is 19.9 Å². The van der Waals surface area contributed by atoms with Gasteiger partial charge < -0.3 is 10.2 Å². The average Bonchev–Trinajstić information content (AvgIpc) is 2.35. The highest BCUT2D eigenvalue weighted by Crippen LogP contribution is 2.36. The third-order valence-electron chi connectivity index (χ3n) is 3.84. The Labute approximate surface area is 137 Å². The van der Waals surface area contributed by atoms with Gasteiger partial charge in [-0.3, -0.25) is 0 Å². The molecule has 0 aromatic heterocycles. The molecular formula is C18H22O4S. The first-order valence-electron chi connectivity index (χ1n) is 7.33. The molecule has 2 rings (SSSR count). The highest BCUT2D eigenvalue weighted by atomic mass is 32.2. The van der Waals surface area contributed by atoms with Gasteiger partial charge in [0.05, 0.1) is 9.79 Å². The van der Waals surface area contributed by atoms with Gasteiger partial charge in [-0.05, 0) is 60.7 Å². The fraction of sp³-hybridized carbons (Fsp3) is 0.333. The van der Waals surface area contributed by atoms with Crippen molar-refractivity contribution in [2.24, 2.45) is 0 Å². The molecule has 2 aromatic carbocycles. The Balaban J connectivity index is 2.74. The van der Waals surface area contributed by atoms with Crippen LogP contribution in [0, 0.1) is 13.8 Å². The Morgan fingerprint density at radius 2 is 1.43 bits per heavy atom. The Morgan fingerprint density at radius 1 is 0.870 bits per heavy atom. The summed E-state index contributed by atoms with van der Waals surface area (Å²) in [6.07, 6.45) is 0. The Morgan fingerprint density at radius 3 is 1.96 bits per heavy atom. The topological polar surface area (TPSA) is 74.6 Å². The summed E-state index contributed by atoms with van der Waals surface area (Å²) in [6, 6.07) is 7.23. The molecule has 0 saturated carbocycles. The fourth-order valence-corrected chi connectivity index (χ4v) is 4.34. The molecule has 4 nitrogen and oxygen atoms in total. The highest BCUT2D eigenvalue weighted by Gasteiger charge is 2.27. The predicted octanol–water partition coefficient (Wildman–Crippen LogP) is 3.84. The van der Waals surface area contributed by atoms with Crippen LogP contribution < -0.4 is 0 Å². The second-order valence-electron chi connectivity index (χ2n) is 6.84. The summed E-state index contributed by atoms with van der Waals surface area (Å²) in [5.41, 5.74) is 1.17. The van der Waals surface area contributed by atoms with Crippen molar-refractivity contribution in [2.75, 3.05) is 0 Å². The first-order valence-corrected chi connectivity index (χ1v) is 8.81. The lowest BCUT2D eigenvalue weighted by atomic mass is 9.86. The molecule has 23 heavy (non-hydrogen) atoms. The number of phenols is 2. The zero-order valence-electron chi connectivity index (χ0n) is 14.0. The number of hydrogen-bond acceptors (Lipinski definition) is 4. The van der Waals surface area contributed by atoms with Gasteiger partial charge in [0.2, 0.25) is 9.84 Å². The van der Waals surface area contributed by atoms with E-state index >= 15 is 0 Å². The zero-order valence-corrected chi connectivity index (χ0v) is 14.8. The maximum Gasteiger partial charge on any atom is 0.207 e. The lowest BCUT2D eigenvalue weighted by Crippen LogP contribution is -2.14. The Kier molecular flexibility index (Phi) is 4.20. The molecule has 2 aromatic rings. The molecule has 0 saturated heterocycles. The van der Waals surface area contributed by atoms with Crippen molar-refractivity contribution in [1.82, 2.24) is 0 Å². The lowest BCUT2D eigenvalue weighted by molar-refractivity contribution is 0.445. The van der Waals surface area contributed by atoms with E-state index in [0.29, 0.717) is 16.7 Å². The molecule has 0 radical (unpaired) electrons. The minimum Gasteiger partial charge on any atom is -0.508 e. The summed E-state index contributed by atoms with van der Waals surface area (Å²) in [7, 11) is -3.74. The van der Waals surface area contributed by atoms with Crippen LogP contribution in [0.4, 0.5) is 0 Å². The zero-order chi connectivity index (χ0) is 17.6. The molecule has 0 aliphatic rings. The largest absolute Gasteiger partial charge is 0.508 e. The number of benzene rings is 2. The van der Waals surface area contributed by atoms with E-state index < -0.39 is 9.84 Å². The SMILES string of the molecule is Cc1cc(O)ccc1S(=O)(=O)c1cc(C(C)(C)C)c(O)cc1C. The summed E-state index contributed by atoms with van der Waals surface area (Å²) in [5.74, 6) is 0.121. The second kappa shape index (κ2) is 5.57. The van der Waals surface area contributed by atoms with Gasteiger partial charge in [0.15, 0.2) is 0 Å². The molecule has 0 heterocycles. The Bertz CT molecular complexity index is 859. The quantitative estimate of drug-likeness (QED) is 0.875. The number of aryl methyl sites for hydroxylation is 2.